The molecule has 2 aromatic rings. The molecule has 2 aromatic carbocycles. The molecule has 27 heavy (non-hydrogen) atoms. The molecule has 0 aliphatic carbocycles. The Bertz CT molecular complexity index is 798. The molecule has 1 fully saturated rings. The minimum absolute atomic E-state index is 0. The van der Waals surface area contributed by atoms with E-state index in [4.69, 9.17) is 15.2 Å². The van der Waals surface area contributed by atoms with Gasteiger partial charge in [0, 0.05) is 19.8 Å². The van der Waals surface area contributed by atoms with Gasteiger partial charge in [0.05, 0.1) is 5.54 Å². The largest absolute Gasteiger partial charge is 0.451 e. The SMILES string of the molecule is Cl.NC1(C(=O)NCc2ccc(Oc3ccccc3F)c(F)c2)CCOCC1. The first-order valence-corrected chi connectivity index (χ1v) is 8.34. The monoisotopic (exact) mass is 398 g/mol. The van der Waals surface area contributed by atoms with Gasteiger partial charge < -0.3 is 20.5 Å². The molecule has 1 saturated heterocycles. The summed E-state index contributed by atoms with van der Waals surface area (Å²) in [5.74, 6) is -1.66. The van der Waals surface area contributed by atoms with E-state index in [1.54, 1.807) is 12.1 Å². The summed E-state index contributed by atoms with van der Waals surface area (Å²) in [6, 6.07) is 10.0. The fraction of sp³-hybridized carbons (Fsp3) is 0.316. The number of para-hydroxylation sites is 1. The van der Waals surface area contributed by atoms with Crippen LogP contribution in [0.3, 0.4) is 0 Å². The Morgan fingerprint density at radius 2 is 1.78 bits per heavy atom. The molecule has 0 unspecified atom stereocenters. The third kappa shape index (κ3) is 5.15. The van der Waals surface area contributed by atoms with Crippen LogP contribution in [0.2, 0.25) is 0 Å². The van der Waals surface area contributed by atoms with Gasteiger partial charge in [-0.15, -0.1) is 12.4 Å². The average molecular weight is 399 g/mol. The molecule has 1 heterocycles. The molecule has 1 amide bonds. The van der Waals surface area contributed by atoms with E-state index in [-0.39, 0.29) is 36.4 Å². The Balaban J connectivity index is 0.00000261. The lowest BCUT2D eigenvalue weighted by Gasteiger charge is -2.31. The lowest BCUT2D eigenvalue weighted by Crippen LogP contribution is -2.56. The van der Waals surface area contributed by atoms with Crippen LogP contribution < -0.4 is 15.8 Å². The van der Waals surface area contributed by atoms with Gasteiger partial charge >= 0.3 is 0 Å². The molecule has 0 aromatic heterocycles. The van der Waals surface area contributed by atoms with Crippen molar-refractivity contribution in [2.24, 2.45) is 5.73 Å². The standard InChI is InChI=1S/C19H20F2N2O3.ClH/c20-14-3-1-2-4-16(14)26-17-6-5-13(11-15(17)21)12-23-18(24)19(22)7-9-25-10-8-19;/h1-6,11H,7-10,12,22H2,(H,23,24);1H. The van der Waals surface area contributed by atoms with E-state index in [1.165, 1.54) is 30.3 Å². The topological polar surface area (TPSA) is 73.6 Å². The molecule has 1 aliphatic heterocycles. The highest BCUT2D eigenvalue weighted by Gasteiger charge is 2.35. The molecule has 0 spiro atoms. The van der Waals surface area contributed by atoms with Gasteiger partial charge in [-0.05, 0) is 42.7 Å². The first-order valence-electron chi connectivity index (χ1n) is 8.34. The molecule has 0 radical (unpaired) electrons. The summed E-state index contributed by atoms with van der Waals surface area (Å²) in [4.78, 5) is 12.3. The van der Waals surface area contributed by atoms with Gasteiger partial charge in [0.25, 0.3) is 0 Å². The number of benzene rings is 2. The van der Waals surface area contributed by atoms with E-state index in [0.29, 0.717) is 31.6 Å². The number of halogens is 3. The number of nitrogens with one attached hydrogen (secondary N) is 1. The lowest BCUT2D eigenvalue weighted by molar-refractivity contribution is -0.129. The zero-order valence-electron chi connectivity index (χ0n) is 14.5. The zero-order valence-corrected chi connectivity index (χ0v) is 15.4. The number of rotatable bonds is 5. The summed E-state index contributed by atoms with van der Waals surface area (Å²) in [5.41, 5.74) is 5.69. The number of ether oxygens (including phenoxy) is 2. The van der Waals surface area contributed by atoms with Crippen molar-refractivity contribution in [3.05, 3.63) is 59.7 Å². The summed E-state index contributed by atoms with van der Waals surface area (Å²) in [6.45, 7) is 1.02. The fourth-order valence-corrected chi connectivity index (χ4v) is 2.70. The first kappa shape index (κ1) is 21.1. The summed E-state index contributed by atoms with van der Waals surface area (Å²) in [7, 11) is 0. The van der Waals surface area contributed by atoms with E-state index >= 15 is 0 Å². The highest BCUT2D eigenvalue weighted by molar-refractivity contribution is 5.86. The van der Waals surface area contributed by atoms with Crippen molar-refractivity contribution in [2.75, 3.05) is 13.2 Å². The van der Waals surface area contributed by atoms with Crippen LogP contribution in [-0.4, -0.2) is 24.7 Å². The van der Waals surface area contributed by atoms with Crippen LogP contribution >= 0.6 is 12.4 Å². The molecule has 3 rings (SSSR count). The van der Waals surface area contributed by atoms with Gasteiger partial charge in [-0.1, -0.05) is 18.2 Å². The molecule has 8 heteroatoms. The lowest BCUT2D eigenvalue weighted by atomic mass is 9.90. The number of hydrogen-bond donors (Lipinski definition) is 2. The highest BCUT2D eigenvalue weighted by atomic mass is 35.5. The van der Waals surface area contributed by atoms with Crippen LogP contribution in [0, 0.1) is 11.6 Å². The molecule has 3 N–H and O–H groups in total. The second-order valence-corrected chi connectivity index (χ2v) is 6.25. The average Bonchev–Trinajstić information content (AvgIpc) is 2.64. The van der Waals surface area contributed by atoms with Gasteiger partial charge in [0.2, 0.25) is 5.91 Å². The maximum Gasteiger partial charge on any atom is 0.240 e. The third-order valence-electron chi connectivity index (χ3n) is 4.34. The van der Waals surface area contributed by atoms with Crippen molar-refractivity contribution in [1.82, 2.24) is 5.32 Å². The Labute approximate surface area is 162 Å². The molecule has 0 saturated carbocycles. The van der Waals surface area contributed by atoms with Gasteiger partial charge in [0.15, 0.2) is 23.1 Å². The molecule has 146 valence electrons. The van der Waals surface area contributed by atoms with E-state index in [0.717, 1.165) is 0 Å². The van der Waals surface area contributed by atoms with Crippen LogP contribution in [-0.2, 0) is 16.1 Å². The molecule has 5 nitrogen and oxygen atoms in total. The molecular formula is C19H21ClF2N2O3. The fourth-order valence-electron chi connectivity index (χ4n) is 2.70. The van der Waals surface area contributed by atoms with Crippen LogP contribution in [0.15, 0.2) is 42.5 Å². The number of hydrogen-bond acceptors (Lipinski definition) is 4. The van der Waals surface area contributed by atoms with Gasteiger partial charge in [-0.25, -0.2) is 8.78 Å². The predicted molar refractivity (Wildman–Crippen MR) is 98.9 cm³/mol. The van der Waals surface area contributed by atoms with E-state index in [9.17, 15) is 13.6 Å². The minimum atomic E-state index is -0.954. The Kier molecular flexibility index (Phi) is 7.12. The highest BCUT2D eigenvalue weighted by Crippen LogP contribution is 2.27. The number of carbonyl (C=O) groups is 1. The Morgan fingerprint density at radius 3 is 2.44 bits per heavy atom. The van der Waals surface area contributed by atoms with Gasteiger partial charge in [0.1, 0.15) is 0 Å². The smallest absolute Gasteiger partial charge is 0.240 e. The van der Waals surface area contributed by atoms with E-state index < -0.39 is 17.2 Å². The summed E-state index contributed by atoms with van der Waals surface area (Å²) in [5, 5.41) is 2.73. The molecule has 0 bridgehead atoms. The second kappa shape index (κ2) is 9.12. The van der Waals surface area contributed by atoms with Crippen molar-refractivity contribution in [3.63, 3.8) is 0 Å². The first-order chi connectivity index (χ1) is 12.5. The van der Waals surface area contributed by atoms with Crippen molar-refractivity contribution in [1.29, 1.82) is 0 Å². The summed E-state index contributed by atoms with van der Waals surface area (Å²) < 4.78 is 38.3. The van der Waals surface area contributed by atoms with Crippen LogP contribution in [0.4, 0.5) is 8.78 Å². The molecule has 0 atom stereocenters. The maximum absolute atomic E-state index is 14.2. The Morgan fingerprint density at radius 1 is 1.11 bits per heavy atom. The van der Waals surface area contributed by atoms with Crippen molar-refractivity contribution in [3.8, 4) is 11.5 Å². The number of nitrogens with two attached hydrogens (primary N) is 1. The minimum Gasteiger partial charge on any atom is -0.451 e. The summed E-state index contributed by atoms with van der Waals surface area (Å²) in [6.07, 6.45) is 0.894. The normalized spacial score (nSPS) is 15.5. The van der Waals surface area contributed by atoms with Crippen molar-refractivity contribution >= 4 is 18.3 Å². The quantitative estimate of drug-likeness (QED) is 0.810. The number of carbonyl (C=O) groups excluding carboxylic acids is 1. The van der Waals surface area contributed by atoms with Gasteiger partial charge in [-0.2, -0.15) is 0 Å². The second-order valence-electron chi connectivity index (χ2n) is 6.25. The van der Waals surface area contributed by atoms with Crippen molar-refractivity contribution in [2.45, 2.75) is 24.9 Å². The third-order valence-corrected chi connectivity index (χ3v) is 4.34. The van der Waals surface area contributed by atoms with Crippen LogP contribution in [0.5, 0.6) is 11.5 Å². The van der Waals surface area contributed by atoms with Gasteiger partial charge in [-0.3, -0.25) is 4.79 Å². The maximum atomic E-state index is 14.2. The Hall–Kier alpha value is -2.22. The number of amides is 1. The van der Waals surface area contributed by atoms with E-state index in [2.05, 4.69) is 5.32 Å². The van der Waals surface area contributed by atoms with Crippen LogP contribution in [0.1, 0.15) is 18.4 Å². The zero-order chi connectivity index (χ0) is 18.6. The molecule has 1 aliphatic rings. The molecular weight excluding hydrogens is 378 g/mol. The summed E-state index contributed by atoms with van der Waals surface area (Å²) >= 11 is 0. The predicted octanol–water partition coefficient (Wildman–Crippen LogP) is 3.30. The van der Waals surface area contributed by atoms with E-state index in [1.807, 2.05) is 0 Å². The van der Waals surface area contributed by atoms with Crippen LogP contribution in [0.25, 0.3) is 0 Å². The van der Waals surface area contributed by atoms with Crippen molar-refractivity contribution < 1.29 is 23.0 Å².